The molecule has 0 aliphatic carbocycles. The fourth-order valence-electron chi connectivity index (χ4n) is 1.44. The van der Waals surface area contributed by atoms with Crippen LogP contribution in [0.1, 0.15) is 0 Å². The van der Waals surface area contributed by atoms with Crippen LogP contribution < -0.4 is 4.80 Å². The van der Waals surface area contributed by atoms with Gasteiger partial charge in [0.25, 0.3) is 0 Å². The lowest BCUT2D eigenvalue weighted by atomic mass is 10.3. The first kappa shape index (κ1) is 9.79. The lowest BCUT2D eigenvalue weighted by Crippen LogP contribution is -2.12. The van der Waals surface area contributed by atoms with Crippen LogP contribution in [-0.4, -0.2) is 4.57 Å². The Bertz CT molecular complexity index is 567. The first-order valence-electron chi connectivity index (χ1n) is 4.42. The minimum Gasteiger partial charge on any atom is -0.311 e. The summed E-state index contributed by atoms with van der Waals surface area (Å²) in [5, 5.41) is 6.14. The standard InChI is InChI=1S/C10H9N3OS/c1-2-7-13-8-5-3-4-6-9(8)15-10(13)11-12-14/h2-6H,1,7H2/b11-10+. The highest BCUT2D eigenvalue weighted by atomic mass is 32.1. The third-order valence-corrected chi connectivity index (χ3v) is 3.08. The molecule has 0 spiro atoms. The predicted molar refractivity (Wildman–Crippen MR) is 61.4 cm³/mol. The van der Waals surface area contributed by atoms with Gasteiger partial charge < -0.3 is 4.57 Å². The van der Waals surface area contributed by atoms with Crippen molar-refractivity contribution in [2.24, 2.45) is 10.4 Å². The van der Waals surface area contributed by atoms with E-state index in [4.69, 9.17) is 0 Å². The summed E-state index contributed by atoms with van der Waals surface area (Å²) < 4.78 is 3.00. The molecule has 0 atom stereocenters. The molecule has 1 aromatic heterocycles. The summed E-state index contributed by atoms with van der Waals surface area (Å²) >= 11 is 1.44. The molecule has 4 nitrogen and oxygen atoms in total. The van der Waals surface area contributed by atoms with Crippen LogP contribution in [0.25, 0.3) is 10.2 Å². The van der Waals surface area contributed by atoms with E-state index in [1.54, 1.807) is 6.08 Å². The first-order valence-corrected chi connectivity index (χ1v) is 5.24. The summed E-state index contributed by atoms with van der Waals surface area (Å²) in [5.74, 6) is 0. The second-order valence-corrected chi connectivity index (χ2v) is 3.94. The van der Waals surface area contributed by atoms with E-state index in [0.717, 1.165) is 10.2 Å². The third kappa shape index (κ3) is 1.73. The summed E-state index contributed by atoms with van der Waals surface area (Å²) in [6.45, 7) is 4.30. The molecule has 76 valence electrons. The number of fused-ring (bicyclic) bond motifs is 1. The second kappa shape index (κ2) is 4.18. The topological polar surface area (TPSA) is 46.7 Å². The van der Waals surface area contributed by atoms with Gasteiger partial charge in [0.05, 0.1) is 15.5 Å². The maximum atomic E-state index is 10.2. The van der Waals surface area contributed by atoms with E-state index in [2.05, 4.69) is 17.0 Å². The van der Waals surface area contributed by atoms with Gasteiger partial charge in [-0.05, 0) is 12.1 Å². The quantitative estimate of drug-likeness (QED) is 0.444. The summed E-state index contributed by atoms with van der Waals surface area (Å²) in [7, 11) is 0. The number of nitrogens with zero attached hydrogens (tertiary/aromatic N) is 3. The SMILES string of the molecule is C=CCn1/c(=N\N=O)sc2ccccc21. The Balaban J connectivity index is 2.79. The Kier molecular flexibility index (Phi) is 2.73. The maximum absolute atomic E-state index is 10.2. The van der Waals surface area contributed by atoms with Gasteiger partial charge in [0.2, 0.25) is 4.80 Å². The molecule has 1 aromatic carbocycles. The molecule has 0 bridgehead atoms. The van der Waals surface area contributed by atoms with Crippen LogP contribution in [0.3, 0.4) is 0 Å². The zero-order chi connectivity index (χ0) is 10.7. The van der Waals surface area contributed by atoms with Crippen LogP contribution in [-0.2, 0) is 6.54 Å². The summed E-state index contributed by atoms with van der Waals surface area (Å²) in [6.07, 6.45) is 1.77. The molecule has 5 heteroatoms. The van der Waals surface area contributed by atoms with Crippen molar-refractivity contribution < 1.29 is 0 Å². The molecule has 2 rings (SSSR count). The number of aromatic nitrogens is 1. The number of nitroso groups, excluding NO2 is 1. The van der Waals surface area contributed by atoms with Crippen molar-refractivity contribution in [3.8, 4) is 0 Å². The Morgan fingerprint density at radius 2 is 2.27 bits per heavy atom. The molecular formula is C10H9N3OS. The molecule has 0 unspecified atom stereocenters. The summed E-state index contributed by atoms with van der Waals surface area (Å²) in [6, 6.07) is 7.88. The fraction of sp³-hybridized carbons (Fsp3) is 0.100. The van der Waals surface area contributed by atoms with Crippen molar-refractivity contribution in [1.82, 2.24) is 4.57 Å². The fourth-order valence-corrected chi connectivity index (χ4v) is 2.42. The van der Waals surface area contributed by atoms with Crippen LogP contribution >= 0.6 is 11.3 Å². The summed E-state index contributed by atoms with van der Waals surface area (Å²) in [4.78, 5) is 10.8. The average molecular weight is 219 g/mol. The van der Waals surface area contributed by atoms with E-state index >= 15 is 0 Å². The zero-order valence-electron chi connectivity index (χ0n) is 7.96. The molecule has 2 aromatic rings. The van der Waals surface area contributed by atoms with Crippen molar-refractivity contribution in [2.45, 2.75) is 6.54 Å². The number of rotatable bonds is 3. The Hall–Kier alpha value is -1.75. The molecule has 1 heterocycles. The van der Waals surface area contributed by atoms with Crippen molar-refractivity contribution in [1.29, 1.82) is 0 Å². The molecule has 0 amide bonds. The maximum Gasteiger partial charge on any atom is 0.215 e. The van der Waals surface area contributed by atoms with E-state index in [-0.39, 0.29) is 0 Å². The molecule has 0 fully saturated rings. The number of allylic oxidation sites excluding steroid dienone is 1. The van der Waals surface area contributed by atoms with Gasteiger partial charge in [0.15, 0.2) is 0 Å². The largest absolute Gasteiger partial charge is 0.311 e. The monoisotopic (exact) mass is 219 g/mol. The van der Waals surface area contributed by atoms with Crippen LogP contribution in [0.5, 0.6) is 0 Å². The van der Waals surface area contributed by atoms with Crippen molar-refractivity contribution in [3.63, 3.8) is 0 Å². The van der Waals surface area contributed by atoms with Crippen LogP contribution in [0, 0.1) is 4.91 Å². The number of para-hydroxylation sites is 1. The Morgan fingerprint density at radius 3 is 3.00 bits per heavy atom. The molecule has 0 saturated carbocycles. The third-order valence-electron chi connectivity index (χ3n) is 2.03. The second-order valence-electron chi connectivity index (χ2n) is 2.93. The van der Waals surface area contributed by atoms with E-state index in [1.807, 2.05) is 28.8 Å². The van der Waals surface area contributed by atoms with Crippen molar-refractivity contribution >= 4 is 21.6 Å². The number of benzene rings is 1. The number of hydrogen-bond donors (Lipinski definition) is 0. The Labute approximate surface area is 90.1 Å². The van der Waals surface area contributed by atoms with E-state index in [0.29, 0.717) is 11.3 Å². The van der Waals surface area contributed by atoms with Gasteiger partial charge in [0, 0.05) is 6.54 Å². The molecular weight excluding hydrogens is 210 g/mol. The van der Waals surface area contributed by atoms with Gasteiger partial charge in [-0.1, -0.05) is 34.6 Å². The first-order chi connectivity index (χ1) is 7.36. The zero-order valence-corrected chi connectivity index (χ0v) is 8.78. The highest BCUT2D eigenvalue weighted by Crippen LogP contribution is 2.16. The average Bonchev–Trinajstić information content (AvgIpc) is 2.59. The van der Waals surface area contributed by atoms with Gasteiger partial charge >= 0.3 is 0 Å². The van der Waals surface area contributed by atoms with E-state index < -0.39 is 0 Å². The van der Waals surface area contributed by atoms with Crippen LogP contribution in [0.2, 0.25) is 0 Å². The molecule has 0 saturated heterocycles. The minimum absolute atomic E-state index is 0.603. The van der Waals surface area contributed by atoms with Crippen LogP contribution in [0.15, 0.2) is 47.3 Å². The smallest absolute Gasteiger partial charge is 0.215 e. The van der Waals surface area contributed by atoms with Gasteiger partial charge in [-0.25, -0.2) is 0 Å². The van der Waals surface area contributed by atoms with Gasteiger partial charge in [-0.2, -0.15) is 0 Å². The van der Waals surface area contributed by atoms with E-state index in [1.165, 1.54) is 11.3 Å². The normalized spacial score (nSPS) is 11.9. The van der Waals surface area contributed by atoms with Gasteiger partial charge in [0.1, 0.15) is 0 Å². The summed E-state index contributed by atoms with van der Waals surface area (Å²) in [5.41, 5.74) is 1.05. The van der Waals surface area contributed by atoms with Crippen LogP contribution in [0.4, 0.5) is 0 Å². The molecule has 0 aliphatic heterocycles. The lowest BCUT2D eigenvalue weighted by molar-refractivity contribution is 0.810. The molecule has 0 aliphatic rings. The van der Waals surface area contributed by atoms with Crippen molar-refractivity contribution in [2.75, 3.05) is 0 Å². The predicted octanol–water partition coefficient (Wildman–Crippen LogP) is 2.47. The van der Waals surface area contributed by atoms with Gasteiger partial charge in [-0.15, -0.1) is 11.5 Å². The number of hydrogen-bond acceptors (Lipinski definition) is 3. The number of thiazole rings is 1. The minimum atomic E-state index is 0.603. The Morgan fingerprint density at radius 1 is 1.47 bits per heavy atom. The van der Waals surface area contributed by atoms with Gasteiger partial charge in [-0.3, -0.25) is 0 Å². The molecule has 0 radical (unpaired) electrons. The highest BCUT2D eigenvalue weighted by molar-refractivity contribution is 7.16. The molecule has 15 heavy (non-hydrogen) atoms. The van der Waals surface area contributed by atoms with Crippen molar-refractivity contribution in [3.05, 3.63) is 46.6 Å². The lowest BCUT2D eigenvalue weighted by Gasteiger charge is -1.98. The highest BCUT2D eigenvalue weighted by Gasteiger charge is 2.03. The molecule has 0 N–H and O–H groups in total. The van der Waals surface area contributed by atoms with E-state index in [9.17, 15) is 4.91 Å².